The fourth-order valence-electron chi connectivity index (χ4n) is 0.944. The SMILES string of the molecule is CCNc1nc(OC)nc(OC(C)C(F)(F)F)n1. The van der Waals surface area contributed by atoms with Gasteiger partial charge in [0.1, 0.15) is 0 Å². The van der Waals surface area contributed by atoms with Crippen molar-refractivity contribution in [2.45, 2.75) is 26.1 Å². The van der Waals surface area contributed by atoms with Crippen molar-refractivity contribution in [3.63, 3.8) is 0 Å². The van der Waals surface area contributed by atoms with Gasteiger partial charge in [0, 0.05) is 6.54 Å². The van der Waals surface area contributed by atoms with E-state index < -0.39 is 18.3 Å². The average Bonchev–Trinajstić information content (AvgIpc) is 2.27. The molecule has 0 aliphatic rings. The molecule has 0 aromatic carbocycles. The summed E-state index contributed by atoms with van der Waals surface area (Å²) in [5.41, 5.74) is 0. The molecule has 9 heteroatoms. The Morgan fingerprint density at radius 1 is 1.22 bits per heavy atom. The van der Waals surface area contributed by atoms with Crippen LogP contribution in [-0.4, -0.2) is 40.9 Å². The summed E-state index contributed by atoms with van der Waals surface area (Å²) >= 11 is 0. The van der Waals surface area contributed by atoms with Crippen LogP contribution in [0.15, 0.2) is 0 Å². The van der Waals surface area contributed by atoms with Crippen LogP contribution < -0.4 is 14.8 Å². The van der Waals surface area contributed by atoms with Gasteiger partial charge in [-0.05, 0) is 13.8 Å². The van der Waals surface area contributed by atoms with Crippen LogP contribution in [0.1, 0.15) is 13.8 Å². The lowest BCUT2D eigenvalue weighted by Gasteiger charge is -2.16. The lowest BCUT2D eigenvalue weighted by Crippen LogP contribution is -2.31. The average molecular weight is 266 g/mol. The van der Waals surface area contributed by atoms with Gasteiger partial charge in [-0.1, -0.05) is 0 Å². The van der Waals surface area contributed by atoms with E-state index in [-0.39, 0.29) is 12.0 Å². The minimum Gasteiger partial charge on any atom is -0.467 e. The van der Waals surface area contributed by atoms with Crippen molar-refractivity contribution in [1.82, 2.24) is 15.0 Å². The first-order chi connectivity index (χ1) is 8.36. The number of hydrogen-bond donors (Lipinski definition) is 1. The lowest BCUT2D eigenvalue weighted by molar-refractivity contribution is -0.190. The molecule has 1 heterocycles. The predicted molar refractivity (Wildman–Crippen MR) is 56.7 cm³/mol. The second kappa shape index (κ2) is 5.69. The van der Waals surface area contributed by atoms with Gasteiger partial charge in [0.2, 0.25) is 5.95 Å². The molecule has 0 spiro atoms. The topological polar surface area (TPSA) is 69.2 Å². The predicted octanol–water partition coefficient (Wildman–Crippen LogP) is 1.64. The van der Waals surface area contributed by atoms with E-state index in [9.17, 15) is 13.2 Å². The number of nitrogens with zero attached hydrogens (tertiary/aromatic N) is 3. The van der Waals surface area contributed by atoms with Crippen LogP contribution in [0.3, 0.4) is 0 Å². The Labute approximate surface area is 102 Å². The standard InChI is InChI=1S/C9H13F3N4O2/c1-4-13-6-14-7(17-3)16-8(15-6)18-5(2)9(10,11)12/h5H,4H2,1-3H3,(H,13,14,15,16). The molecule has 102 valence electrons. The van der Waals surface area contributed by atoms with Crippen molar-refractivity contribution in [3.05, 3.63) is 0 Å². The van der Waals surface area contributed by atoms with Crippen LogP contribution in [0.25, 0.3) is 0 Å². The Morgan fingerprint density at radius 3 is 2.33 bits per heavy atom. The van der Waals surface area contributed by atoms with Crippen LogP contribution in [-0.2, 0) is 0 Å². The van der Waals surface area contributed by atoms with Crippen molar-refractivity contribution >= 4 is 5.95 Å². The fraction of sp³-hybridized carbons (Fsp3) is 0.667. The molecular formula is C9H13F3N4O2. The number of aromatic nitrogens is 3. The number of halogens is 3. The summed E-state index contributed by atoms with van der Waals surface area (Å²) in [6.07, 6.45) is -6.50. The number of rotatable bonds is 5. The largest absolute Gasteiger partial charge is 0.467 e. The minimum atomic E-state index is -4.49. The third kappa shape index (κ3) is 3.90. The zero-order valence-electron chi connectivity index (χ0n) is 10.1. The van der Waals surface area contributed by atoms with E-state index in [1.807, 2.05) is 0 Å². The number of nitrogens with one attached hydrogen (secondary N) is 1. The minimum absolute atomic E-state index is 0.0914. The van der Waals surface area contributed by atoms with Crippen molar-refractivity contribution in [3.8, 4) is 12.0 Å². The number of alkyl halides is 3. The first kappa shape index (κ1) is 14.3. The van der Waals surface area contributed by atoms with E-state index in [0.29, 0.717) is 6.54 Å². The van der Waals surface area contributed by atoms with E-state index in [4.69, 9.17) is 4.74 Å². The van der Waals surface area contributed by atoms with Crippen molar-refractivity contribution in [1.29, 1.82) is 0 Å². The number of hydrogen-bond acceptors (Lipinski definition) is 6. The zero-order chi connectivity index (χ0) is 13.8. The molecule has 0 bridgehead atoms. The molecule has 0 fully saturated rings. The van der Waals surface area contributed by atoms with Gasteiger partial charge < -0.3 is 14.8 Å². The van der Waals surface area contributed by atoms with Crippen LogP contribution in [0.4, 0.5) is 19.1 Å². The van der Waals surface area contributed by atoms with Crippen molar-refractivity contribution in [2.24, 2.45) is 0 Å². The summed E-state index contributed by atoms with van der Waals surface area (Å²) in [5, 5.41) is 2.73. The van der Waals surface area contributed by atoms with E-state index >= 15 is 0 Å². The second-order valence-corrected chi connectivity index (χ2v) is 3.26. The van der Waals surface area contributed by atoms with Crippen molar-refractivity contribution < 1.29 is 22.6 Å². The Morgan fingerprint density at radius 2 is 1.83 bits per heavy atom. The van der Waals surface area contributed by atoms with E-state index in [1.165, 1.54) is 7.11 Å². The highest BCUT2D eigenvalue weighted by atomic mass is 19.4. The van der Waals surface area contributed by atoms with Gasteiger partial charge in [-0.25, -0.2) is 0 Å². The number of methoxy groups -OCH3 is 1. The summed E-state index contributed by atoms with van der Waals surface area (Å²) in [6.45, 7) is 3.15. The zero-order valence-corrected chi connectivity index (χ0v) is 10.1. The van der Waals surface area contributed by atoms with Gasteiger partial charge in [0.05, 0.1) is 7.11 Å². The Hall–Kier alpha value is -1.80. The molecule has 0 amide bonds. The molecule has 1 rings (SSSR count). The highest BCUT2D eigenvalue weighted by Gasteiger charge is 2.38. The molecule has 1 atom stereocenters. The molecule has 1 aromatic heterocycles. The second-order valence-electron chi connectivity index (χ2n) is 3.26. The lowest BCUT2D eigenvalue weighted by atomic mass is 10.4. The third-order valence-electron chi connectivity index (χ3n) is 1.85. The van der Waals surface area contributed by atoms with E-state index in [1.54, 1.807) is 6.92 Å². The molecule has 0 saturated carbocycles. The van der Waals surface area contributed by atoms with Gasteiger partial charge in [-0.3, -0.25) is 0 Å². The Kier molecular flexibility index (Phi) is 4.51. The maximum atomic E-state index is 12.3. The van der Waals surface area contributed by atoms with Crippen LogP contribution in [0.2, 0.25) is 0 Å². The number of ether oxygens (including phenoxy) is 2. The fourth-order valence-corrected chi connectivity index (χ4v) is 0.944. The summed E-state index contributed by atoms with van der Waals surface area (Å²) < 4.78 is 46.3. The van der Waals surface area contributed by atoms with Crippen LogP contribution in [0.5, 0.6) is 12.0 Å². The molecule has 0 aliphatic heterocycles. The third-order valence-corrected chi connectivity index (χ3v) is 1.85. The van der Waals surface area contributed by atoms with Crippen LogP contribution >= 0.6 is 0 Å². The molecule has 6 nitrogen and oxygen atoms in total. The van der Waals surface area contributed by atoms with Crippen molar-refractivity contribution in [2.75, 3.05) is 19.0 Å². The molecule has 1 N–H and O–H groups in total. The highest BCUT2D eigenvalue weighted by molar-refractivity contribution is 5.27. The quantitative estimate of drug-likeness (QED) is 0.873. The first-order valence-electron chi connectivity index (χ1n) is 5.14. The van der Waals surface area contributed by atoms with E-state index in [0.717, 1.165) is 6.92 Å². The summed E-state index contributed by atoms with van der Waals surface area (Å²) in [4.78, 5) is 11.1. The van der Waals surface area contributed by atoms with Gasteiger partial charge in [0.25, 0.3) is 0 Å². The number of anilines is 1. The molecule has 1 aromatic rings. The molecular weight excluding hydrogens is 253 g/mol. The van der Waals surface area contributed by atoms with Gasteiger partial charge in [-0.2, -0.15) is 23.1 Å². The van der Waals surface area contributed by atoms with E-state index in [2.05, 4.69) is 25.0 Å². The van der Waals surface area contributed by atoms with Gasteiger partial charge in [0.15, 0.2) is 6.10 Å². The summed E-state index contributed by atoms with van der Waals surface area (Å²) in [6, 6.07) is -0.562. The van der Waals surface area contributed by atoms with Crippen LogP contribution in [0, 0.1) is 0 Å². The maximum Gasteiger partial charge on any atom is 0.425 e. The summed E-state index contributed by atoms with van der Waals surface area (Å²) in [7, 11) is 1.29. The molecule has 0 radical (unpaired) electrons. The molecule has 0 aliphatic carbocycles. The Bertz CT molecular complexity index is 400. The smallest absolute Gasteiger partial charge is 0.425 e. The van der Waals surface area contributed by atoms with Gasteiger partial charge in [-0.15, -0.1) is 4.98 Å². The monoisotopic (exact) mass is 266 g/mol. The summed E-state index contributed by atoms with van der Waals surface area (Å²) in [5.74, 6) is 0.0914. The first-order valence-corrected chi connectivity index (χ1v) is 5.14. The normalized spacial score (nSPS) is 13.0. The molecule has 0 saturated heterocycles. The highest BCUT2D eigenvalue weighted by Crippen LogP contribution is 2.24. The maximum absolute atomic E-state index is 12.3. The molecule has 18 heavy (non-hydrogen) atoms. The van der Waals surface area contributed by atoms with Gasteiger partial charge >= 0.3 is 18.2 Å². The Balaban J connectivity index is 2.90. The molecule has 1 unspecified atom stereocenters.